The lowest BCUT2D eigenvalue weighted by molar-refractivity contribution is -0.145. The maximum Gasteiger partial charge on any atom is 0.326 e. The minimum absolute atomic E-state index is 0.134. The first kappa shape index (κ1) is 25.0. The predicted molar refractivity (Wildman–Crippen MR) is 122 cm³/mol. The van der Waals surface area contributed by atoms with Gasteiger partial charge in [-0.25, -0.2) is 4.79 Å². The molecule has 2 rings (SSSR count). The van der Waals surface area contributed by atoms with E-state index in [1.807, 2.05) is 30.5 Å². The van der Waals surface area contributed by atoms with Crippen LogP contribution < -0.4 is 16.4 Å². The molecule has 3 atom stereocenters. The van der Waals surface area contributed by atoms with Crippen molar-refractivity contribution >= 4 is 48.1 Å². The van der Waals surface area contributed by atoms with E-state index in [0.29, 0.717) is 5.75 Å². The van der Waals surface area contributed by atoms with Crippen molar-refractivity contribution in [3.63, 3.8) is 0 Å². The molecule has 0 saturated heterocycles. The van der Waals surface area contributed by atoms with E-state index in [0.717, 1.165) is 11.1 Å². The van der Waals surface area contributed by atoms with Crippen LogP contribution in [0, 0.1) is 0 Å². The highest BCUT2D eigenvalue weighted by molar-refractivity contribution is 7.98. The molecular formula is C20H28N4O5S2. The van der Waals surface area contributed by atoms with Gasteiger partial charge in [-0.1, -0.05) is 24.3 Å². The van der Waals surface area contributed by atoms with Gasteiger partial charge in [-0.05, 0) is 29.6 Å². The lowest BCUT2D eigenvalue weighted by atomic mass is 9.93. The Morgan fingerprint density at radius 3 is 2.58 bits per heavy atom. The molecule has 1 heterocycles. The van der Waals surface area contributed by atoms with E-state index < -0.39 is 41.8 Å². The van der Waals surface area contributed by atoms with Gasteiger partial charge in [-0.15, -0.1) is 0 Å². The van der Waals surface area contributed by atoms with Gasteiger partial charge in [0.05, 0.1) is 12.6 Å². The summed E-state index contributed by atoms with van der Waals surface area (Å²) < 4.78 is 0. The molecule has 3 amide bonds. The number of nitrogens with two attached hydrogens (primary N) is 1. The summed E-state index contributed by atoms with van der Waals surface area (Å²) in [6.45, 7) is -0.134. The van der Waals surface area contributed by atoms with Crippen LogP contribution in [0.25, 0.3) is 0 Å². The number of rotatable bonds is 10. The quantitative estimate of drug-likeness (QED) is 0.295. The molecule has 0 saturated carbocycles. The van der Waals surface area contributed by atoms with E-state index in [2.05, 4.69) is 23.3 Å². The summed E-state index contributed by atoms with van der Waals surface area (Å²) in [5.74, 6) is -1.91. The number of aliphatic carboxylic acids is 1. The Kier molecular flexibility index (Phi) is 9.66. The summed E-state index contributed by atoms with van der Waals surface area (Å²) in [4.78, 5) is 50.7. The largest absolute Gasteiger partial charge is 0.480 e. The van der Waals surface area contributed by atoms with Gasteiger partial charge in [0.25, 0.3) is 0 Å². The van der Waals surface area contributed by atoms with Crippen molar-refractivity contribution in [2.45, 2.75) is 37.5 Å². The normalized spacial score (nSPS) is 17.3. The summed E-state index contributed by atoms with van der Waals surface area (Å²) in [5.41, 5.74) is 7.43. The predicted octanol–water partition coefficient (Wildman–Crippen LogP) is -0.364. The summed E-state index contributed by atoms with van der Waals surface area (Å²) in [6, 6.07) is 4.69. The Morgan fingerprint density at radius 1 is 1.29 bits per heavy atom. The molecule has 0 bridgehead atoms. The minimum atomic E-state index is -1.12. The zero-order valence-electron chi connectivity index (χ0n) is 17.2. The van der Waals surface area contributed by atoms with Crippen LogP contribution in [-0.2, 0) is 32.1 Å². The van der Waals surface area contributed by atoms with Crippen molar-refractivity contribution in [1.82, 2.24) is 15.5 Å². The monoisotopic (exact) mass is 468 g/mol. The lowest BCUT2D eigenvalue weighted by Gasteiger charge is -2.36. The van der Waals surface area contributed by atoms with Crippen LogP contribution in [0.4, 0.5) is 0 Å². The highest BCUT2D eigenvalue weighted by atomic mass is 32.2. The molecule has 0 aromatic heterocycles. The van der Waals surface area contributed by atoms with Gasteiger partial charge < -0.3 is 26.4 Å². The SMILES string of the molecule is CSCC[C@@H](NC(=O)C1Cc2ccccc2CN1C(=O)CNC(=O)[C@@H](N)CS)C(=O)O. The van der Waals surface area contributed by atoms with E-state index in [1.165, 1.54) is 16.7 Å². The molecule has 1 aliphatic rings. The van der Waals surface area contributed by atoms with Crippen LogP contribution in [0.5, 0.6) is 0 Å². The fourth-order valence-corrected chi connectivity index (χ4v) is 3.90. The zero-order chi connectivity index (χ0) is 23.0. The lowest BCUT2D eigenvalue weighted by Crippen LogP contribution is -2.57. The smallest absolute Gasteiger partial charge is 0.326 e. The van der Waals surface area contributed by atoms with Crippen molar-refractivity contribution < 1.29 is 24.3 Å². The van der Waals surface area contributed by atoms with Gasteiger partial charge >= 0.3 is 5.97 Å². The maximum absolute atomic E-state index is 13.0. The van der Waals surface area contributed by atoms with Crippen molar-refractivity contribution in [2.24, 2.45) is 5.73 Å². The van der Waals surface area contributed by atoms with Crippen molar-refractivity contribution in [1.29, 1.82) is 0 Å². The van der Waals surface area contributed by atoms with Crippen LogP contribution in [0.3, 0.4) is 0 Å². The van der Waals surface area contributed by atoms with Crippen molar-refractivity contribution in [3.8, 4) is 0 Å². The molecule has 9 nitrogen and oxygen atoms in total. The van der Waals surface area contributed by atoms with Gasteiger partial charge in [-0.2, -0.15) is 24.4 Å². The number of fused-ring (bicyclic) bond motifs is 1. The Hall–Kier alpha value is -2.24. The second-order valence-electron chi connectivity index (χ2n) is 7.20. The summed E-state index contributed by atoms with van der Waals surface area (Å²) >= 11 is 5.45. The Bertz CT molecular complexity index is 823. The van der Waals surface area contributed by atoms with Gasteiger partial charge in [0, 0.05) is 18.7 Å². The molecule has 170 valence electrons. The molecular weight excluding hydrogens is 440 g/mol. The number of nitrogens with one attached hydrogen (secondary N) is 2. The summed E-state index contributed by atoms with van der Waals surface area (Å²) in [7, 11) is 0. The molecule has 0 fully saturated rings. The molecule has 11 heteroatoms. The van der Waals surface area contributed by atoms with Crippen molar-refractivity contribution in [3.05, 3.63) is 35.4 Å². The number of carbonyl (C=O) groups is 4. The number of hydrogen-bond acceptors (Lipinski definition) is 7. The zero-order valence-corrected chi connectivity index (χ0v) is 19.0. The number of carboxylic acids is 1. The van der Waals surface area contributed by atoms with Crippen LogP contribution in [-0.4, -0.2) is 76.1 Å². The summed E-state index contributed by atoms with van der Waals surface area (Å²) in [5, 5.41) is 14.5. The molecule has 0 spiro atoms. The van der Waals surface area contributed by atoms with Crippen LogP contribution in [0.2, 0.25) is 0 Å². The number of carboxylic acid groups (broad SMARTS) is 1. The highest BCUT2D eigenvalue weighted by Gasteiger charge is 2.36. The molecule has 1 aromatic rings. The van der Waals surface area contributed by atoms with E-state index in [1.54, 1.807) is 0 Å². The molecule has 31 heavy (non-hydrogen) atoms. The van der Waals surface area contributed by atoms with Gasteiger partial charge in [0.1, 0.15) is 12.1 Å². The number of benzene rings is 1. The summed E-state index contributed by atoms with van der Waals surface area (Å²) in [6.07, 6.45) is 2.39. The fraction of sp³-hybridized carbons (Fsp3) is 0.500. The third kappa shape index (κ3) is 6.88. The molecule has 0 radical (unpaired) electrons. The topological polar surface area (TPSA) is 142 Å². The van der Waals surface area contributed by atoms with Crippen LogP contribution in [0.1, 0.15) is 17.5 Å². The highest BCUT2D eigenvalue weighted by Crippen LogP contribution is 2.24. The fourth-order valence-electron chi connectivity index (χ4n) is 3.26. The molecule has 1 unspecified atom stereocenters. The standard InChI is InChI=1S/C20H28N4O5S2/c1-31-7-6-15(20(28)29)23-19(27)16-8-12-4-2-3-5-13(12)10-24(16)17(25)9-22-18(26)14(21)11-30/h2-5,14-16,30H,6-11,21H2,1H3,(H,22,26)(H,23,27)(H,28,29)/t14-,15+,16?/m0/s1. The number of nitrogens with zero attached hydrogens (tertiary/aromatic N) is 1. The molecule has 1 aliphatic heterocycles. The number of thioether (sulfide) groups is 1. The Balaban J connectivity index is 2.18. The second-order valence-corrected chi connectivity index (χ2v) is 8.55. The number of thiol groups is 1. The number of amides is 3. The number of carbonyl (C=O) groups excluding carboxylic acids is 3. The first-order valence-corrected chi connectivity index (χ1v) is 11.8. The Morgan fingerprint density at radius 2 is 1.97 bits per heavy atom. The molecule has 1 aromatic carbocycles. The second kappa shape index (κ2) is 12.0. The van der Waals surface area contributed by atoms with E-state index in [9.17, 15) is 24.3 Å². The average Bonchev–Trinajstić information content (AvgIpc) is 2.77. The first-order valence-electron chi connectivity index (χ1n) is 9.81. The molecule has 0 aliphatic carbocycles. The van der Waals surface area contributed by atoms with Crippen LogP contribution >= 0.6 is 24.4 Å². The first-order chi connectivity index (χ1) is 14.8. The third-order valence-corrected chi connectivity index (χ3v) is 6.08. The average molecular weight is 469 g/mol. The molecule has 5 N–H and O–H groups in total. The van der Waals surface area contributed by atoms with Crippen LogP contribution in [0.15, 0.2) is 24.3 Å². The van der Waals surface area contributed by atoms with Gasteiger partial charge in [0.15, 0.2) is 0 Å². The third-order valence-electron chi connectivity index (χ3n) is 5.04. The van der Waals surface area contributed by atoms with E-state index >= 15 is 0 Å². The van der Waals surface area contributed by atoms with Gasteiger partial charge in [-0.3, -0.25) is 14.4 Å². The van der Waals surface area contributed by atoms with Gasteiger partial charge in [0.2, 0.25) is 17.7 Å². The minimum Gasteiger partial charge on any atom is -0.480 e. The Labute approximate surface area is 190 Å². The van der Waals surface area contributed by atoms with E-state index in [-0.39, 0.29) is 31.7 Å². The van der Waals surface area contributed by atoms with E-state index in [4.69, 9.17) is 5.73 Å². The maximum atomic E-state index is 13.0. The number of hydrogen-bond donors (Lipinski definition) is 5. The van der Waals surface area contributed by atoms with Crippen molar-refractivity contribution in [2.75, 3.05) is 24.3 Å².